The molecule has 0 amide bonds. The molecule has 624 valence electrons. The minimum Gasteiger partial charge on any atom is -0.463 e. The summed E-state index contributed by atoms with van der Waals surface area (Å²) in [5, 5.41) is 20.7. The summed E-state index contributed by atoms with van der Waals surface area (Å²) >= 11 is 0. The van der Waals surface area contributed by atoms with Gasteiger partial charge in [-0.1, -0.05) is 326 Å². The van der Waals surface area contributed by atoms with Crippen molar-refractivity contribution in [2.24, 2.45) is 0 Å². The molecule has 4 N–H and O–H groups in total. The van der Waals surface area contributed by atoms with Gasteiger partial charge in [0.2, 0.25) is 0 Å². The fourth-order valence-electron chi connectivity index (χ4n) is 11.2. The van der Waals surface area contributed by atoms with E-state index < -0.39 is 91.5 Å². The van der Waals surface area contributed by atoms with Gasteiger partial charge in [0.05, 0.1) is 26.4 Å². The number of ether oxygens (including phenoxy) is 3. The Morgan fingerprint density at radius 2 is 0.486 bits per heavy atom. The highest BCUT2D eigenvalue weighted by atomic mass is 31.2. The van der Waals surface area contributed by atoms with Gasteiger partial charge in [-0.25, -0.2) is 9.13 Å². The van der Waals surface area contributed by atoms with Gasteiger partial charge in [0.15, 0.2) is 6.10 Å². The summed E-state index contributed by atoms with van der Waals surface area (Å²) in [6.45, 7) is 2.49. The number of allylic oxidation sites excluding steroid dienone is 26. The van der Waals surface area contributed by atoms with E-state index in [4.69, 9.17) is 32.3 Å². The second kappa shape index (κ2) is 82.6. The van der Waals surface area contributed by atoms with Crippen LogP contribution in [0.5, 0.6) is 0 Å². The summed E-state index contributed by atoms with van der Waals surface area (Å²) in [7, 11) is -9.82. The lowest BCUT2D eigenvalue weighted by Gasteiger charge is -2.21. The van der Waals surface area contributed by atoms with Crippen molar-refractivity contribution in [2.45, 2.75) is 360 Å². The van der Waals surface area contributed by atoms with Gasteiger partial charge in [0, 0.05) is 19.3 Å². The maximum atomic E-state index is 13.0. The quantitative estimate of drug-likeness (QED) is 0.0146. The average molecular weight is 1570 g/mol. The molecule has 0 aromatic carbocycles. The summed E-state index contributed by atoms with van der Waals surface area (Å²) in [5.74, 6) is -1.61. The van der Waals surface area contributed by atoms with Crippen LogP contribution in [0.2, 0.25) is 0 Å². The molecule has 109 heavy (non-hydrogen) atoms. The Kier molecular flexibility index (Phi) is 79.0. The zero-order chi connectivity index (χ0) is 79.4. The molecule has 5 atom stereocenters. The molecule has 0 heterocycles. The van der Waals surface area contributed by atoms with Crippen molar-refractivity contribution in [1.29, 1.82) is 0 Å². The van der Waals surface area contributed by atoms with Crippen LogP contribution >= 0.6 is 15.6 Å². The zero-order valence-corrected chi connectivity index (χ0v) is 70.2. The molecule has 0 saturated heterocycles. The summed E-state index contributed by atoms with van der Waals surface area (Å²) in [5.41, 5.74) is 0. The minimum absolute atomic E-state index is 0.0747. The molecule has 0 bridgehead atoms. The summed E-state index contributed by atoms with van der Waals surface area (Å²) in [6, 6.07) is 0. The standard InChI is InChI=1S/C91H154O16P2/c1-4-7-10-13-16-19-22-25-28-31-34-37-39-40-41-42-43-44-46-49-50-53-56-59-62-65-68-71-74-77-89(94)101-80-86(92)81-103-108(97,98)104-82-87(93)83-105-109(99,100)106-85-88(107-91(96)79-76-73-70-67-64-61-58-55-52-47-36-33-30-27-24-21-18-15-12-9-6-3)84-102-90(95)78-75-72-69-66-63-60-57-54-51-48-45-38-35-32-29-26-23-20-17-14-11-8-5-2/h9,12,16-21,25-30,34-38,40-41,47-48,51,55,58,86-88,92-93H,4-8,10-11,13-15,22-24,31-33,39,42-46,49-50,52-54,56-57,59-85H2,1-3H3,(H,97,98)(H,99,100)/b12-9-,19-16-,20-17-,21-18-,28-25-,29-26-,30-27-,37-34-,38-35-,41-40-,47-36-,51-48-,58-55-. The fraction of sp³-hybridized carbons (Fsp3) is 0.681. The molecular weight excluding hydrogens is 1410 g/mol. The smallest absolute Gasteiger partial charge is 0.463 e. The van der Waals surface area contributed by atoms with Crippen LogP contribution in [-0.2, 0) is 55.8 Å². The Balaban J connectivity index is 4.65. The van der Waals surface area contributed by atoms with Crippen molar-refractivity contribution < 1.29 is 75.8 Å². The van der Waals surface area contributed by atoms with E-state index in [9.17, 15) is 43.5 Å². The largest absolute Gasteiger partial charge is 0.472 e. The van der Waals surface area contributed by atoms with E-state index in [0.717, 1.165) is 173 Å². The third-order valence-corrected chi connectivity index (χ3v) is 19.6. The van der Waals surface area contributed by atoms with Crippen LogP contribution in [0.15, 0.2) is 158 Å². The molecular formula is C91H154O16P2. The molecule has 5 unspecified atom stereocenters. The molecule has 0 aliphatic rings. The Bertz CT molecular complexity index is 2610. The van der Waals surface area contributed by atoms with Crippen molar-refractivity contribution in [1.82, 2.24) is 0 Å². The third-order valence-electron chi connectivity index (χ3n) is 17.7. The van der Waals surface area contributed by atoms with Crippen LogP contribution in [0, 0.1) is 0 Å². The Morgan fingerprint density at radius 1 is 0.266 bits per heavy atom. The second-order valence-corrected chi connectivity index (χ2v) is 31.2. The number of phosphoric ester groups is 2. The van der Waals surface area contributed by atoms with Gasteiger partial charge < -0.3 is 34.2 Å². The van der Waals surface area contributed by atoms with Gasteiger partial charge in [0.25, 0.3) is 0 Å². The first-order valence-corrected chi connectivity index (χ1v) is 45.8. The van der Waals surface area contributed by atoms with Crippen LogP contribution in [0.3, 0.4) is 0 Å². The van der Waals surface area contributed by atoms with E-state index in [2.05, 4.69) is 179 Å². The monoisotopic (exact) mass is 1570 g/mol. The number of aliphatic hydroxyl groups is 2. The first-order chi connectivity index (χ1) is 53.2. The number of carbonyl (C=O) groups excluding carboxylic acids is 3. The number of hydrogen-bond donors (Lipinski definition) is 4. The molecule has 0 spiro atoms. The van der Waals surface area contributed by atoms with E-state index >= 15 is 0 Å². The zero-order valence-electron chi connectivity index (χ0n) is 68.4. The van der Waals surface area contributed by atoms with Crippen LogP contribution in [0.25, 0.3) is 0 Å². The molecule has 0 aromatic rings. The molecule has 0 aliphatic heterocycles. The Hall–Kier alpha value is -4.83. The Labute approximate surface area is 663 Å². The molecule has 16 nitrogen and oxygen atoms in total. The number of unbranched alkanes of at least 4 members (excludes halogenated alkanes) is 31. The predicted octanol–water partition coefficient (Wildman–Crippen LogP) is 25.8. The topological polar surface area (TPSA) is 231 Å². The lowest BCUT2D eigenvalue weighted by atomic mass is 10.0. The number of aliphatic hydroxyl groups excluding tert-OH is 2. The Morgan fingerprint density at radius 3 is 0.771 bits per heavy atom. The van der Waals surface area contributed by atoms with E-state index in [1.54, 1.807) is 0 Å². The normalized spacial score (nSPS) is 14.7. The number of carbonyl (C=O) groups is 3. The van der Waals surface area contributed by atoms with Crippen LogP contribution < -0.4 is 0 Å². The summed E-state index contributed by atoms with van der Waals surface area (Å²) in [4.78, 5) is 58.9. The number of rotatable bonds is 80. The maximum absolute atomic E-state index is 13.0. The van der Waals surface area contributed by atoms with Gasteiger partial charge in [0.1, 0.15) is 25.4 Å². The van der Waals surface area contributed by atoms with Crippen molar-refractivity contribution >= 4 is 33.6 Å². The lowest BCUT2D eigenvalue weighted by Crippen LogP contribution is -2.30. The average Bonchev–Trinajstić information content (AvgIpc) is 0.904. The van der Waals surface area contributed by atoms with E-state index in [-0.39, 0.29) is 19.3 Å². The van der Waals surface area contributed by atoms with Gasteiger partial charge in [-0.3, -0.25) is 32.5 Å². The molecule has 0 aliphatic carbocycles. The molecule has 0 saturated carbocycles. The maximum Gasteiger partial charge on any atom is 0.472 e. The number of phosphoric acid groups is 2. The van der Waals surface area contributed by atoms with Crippen molar-refractivity contribution in [3.8, 4) is 0 Å². The van der Waals surface area contributed by atoms with Gasteiger partial charge in [-0.05, 0) is 154 Å². The van der Waals surface area contributed by atoms with Gasteiger partial charge in [-0.15, -0.1) is 0 Å². The molecule has 0 rings (SSSR count). The highest BCUT2D eigenvalue weighted by Gasteiger charge is 2.29. The first-order valence-electron chi connectivity index (χ1n) is 42.8. The highest BCUT2D eigenvalue weighted by molar-refractivity contribution is 7.47. The van der Waals surface area contributed by atoms with Gasteiger partial charge >= 0.3 is 33.6 Å². The molecule has 0 fully saturated rings. The van der Waals surface area contributed by atoms with Crippen molar-refractivity contribution in [3.63, 3.8) is 0 Å². The van der Waals surface area contributed by atoms with Crippen LogP contribution in [0.1, 0.15) is 342 Å². The number of esters is 3. The molecule has 0 aromatic heterocycles. The second-order valence-electron chi connectivity index (χ2n) is 28.2. The lowest BCUT2D eigenvalue weighted by molar-refractivity contribution is -0.161. The fourth-order valence-corrected chi connectivity index (χ4v) is 12.8. The van der Waals surface area contributed by atoms with Crippen LogP contribution in [-0.4, -0.2) is 95.9 Å². The van der Waals surface area contributed by atoms with Crippen LogP contribution in [0.4, 0.5) is 0 Å². The highest BCUT2D eigenvalue weighted by Crippen LogP contribution is 2.45. The SMILES string of the molecule is CC/C=C\C/C=C\C/C=C\C/C=C\C/C=C\CCCCCCCC(=O)OC(COC(=O)CCCCCCCCC/C=C\C/C=C\C/C=C\C/C=C\CCCCC)COP(=O)(O)OCC(O)COP(=O)(O)OCC(O)COC(=O)CCCCCCCCCCCCCCC/C=C\C/C=C\C/C=C\C/C=C\CCCCC. The predicted molar refractivity (Wildman–Crippen MR) is 454 cm³/mol. The van der Waals surface area contributed by atoms with Gasteiger partial charge in [-0.2, -0.15) is 0 Å². The van der Waals surface area contributed by atoms with E-state index in [1.165, 1.54) is 109 Å². The summed E-state index contributed by atoms with van der Waals surface area (Å²) in [6.07, 6.45) is 104. The third kappa shape index (κ3) is 83.9. The molecule has 0 radical (unpaired) electrons. The molecule has 18 heteroatoms. The summed E-state index contributed by atoms with van der Waals surface area (Å²) < 4.78 is 61.3. The van der Waals surface area contributed by atoms with E-state index in [0.29, 0.717) is 19.3 Å². The minimum atomic E-state index is -4.95. The van der Waals surface area contributed by atoms with Crippen molar-refractivity contribution in [3.05, 3.63) is 158 Å². The van der Waals surface area contributed by atoms with E-state index in [1.807, 2.05) is 0 Å². The van der Waals surface area contributed by atoms with Crippen molar-refractivity contribution in [2.75, 3.05) is 39.6 Å². The first kappa shape index (κ1) is 104. The number of hydrogen-bond acceptors (Lipinski definition) is 14.